The Morgan fingerprint density at radius 2 is 2.40 bits per heavy atom. The van der Waals surface area contributed by atoms with Crippen molar-refractivity contribution in [1.29, 1.82) is 0 Å². The number of hydrogen-bond donors (Lipinski definition) is 1. The molecule has 0 radical (unpaired) electrons. The molecule has 86 valence electrons. The van der Waals surface area contributed by atoms with Crippen LogP contribution >= 0.6 is 11.3 Å². The molecule has 0 spiro atoms. The first-order valence-electron chi connectivity index (χ1n) is 5.33. The van der Waals surface area contributed by atoms with Crippen LogP contribution in [0.3, 0.4) is 0 Å². The fourth-order valence-electron chi connectivity index (χ4n) is 1.37. The molecule has 0 aliphatic carbocycles. The summed E-state index contributed by atoms with van der Waals surface area (Å²) in [5, 5.41) is 5.51. The lowest BCUT2D eigenvalue weighted by Gasteiger charge is -2.12. The van der Waals surface area contributed by atoms with E-state index in [2.05, 4.69) is 29.8 Å². The minimum absolute atomic E-state index is 0.470. The molecule has 1 aromatic heterocycles. The van der Waals surface area contributed by atoms with Crippen LogP contribution in [-0.2, 0) is 17.2 Å². The highest BCUT2D eigenvalue weighted by atomic mass is 32.2. The molecule has 2 atom stereocenters. The first kappa shape index (κ1) is 12.9. The summed E-state index contributed by atoms with van der Waals surface area (Å²) in [7, 11) is -0.642. The molecule has 1 N–H and O–H groups in total. The second-order valence-corrected chi connectivity index (χ2v) is 6.47. The average molecular weight is 245 g/mol. The third-order valence-corrected chi connectivity index (χ3v) is 4.43. The van der Waals surface area contributed by atoms with Crippen LogP contribution in [0.25, 0.3) is 0 Å². The molecule has 0 fully saturated rings. The molecule has 0 aliphatic heterocycles. The highest BCUT2D eigenvalue weighted by molar-refractivity contribution is 7.84. The van der Waals surface area contributed by atoms with E-state index < -0.39 is 10.8 Å². The van der Waals surface area contributed by atoms with Gasteiger partial charge in [-0.3, -0.25) is 4.21 Å². The largest absolute Gasteiger partial charge is 0.313 e. The van der Waals surface area contributed by atoms with Crippen LogP contribution in [0.5, 0.6) is 0 Å². The lowest BCUT2D eigenvalue weighted by atomic mass is 10.2. The van der Waals surface area contributed by atoms with Gasteiger partial charge in [0.15, 0.2) is 0 Å². The molecule has 0 bridgehead atoms. The topological polar surface area (TPSA) is 29.1 Å². The fraction of sp³-hybridized carbons (Fsp3) is 0.636. The van der Waals surface area contributed by atoms with Crippen LogP contribution in [0.4, 0.5) is 0 Å². The Bertz CT molecular complexity index is 285. The van der Waals surface area contributed by atoms with Gasteiger partial charge in [0.1, 0.15) is 0 Å². The summed E-state index contributed by atoms with van der Waals surface area (Å²) >= 11 is 1.80. The minimum Gasteiger partial charge on any atom is -0.313 e. The summed E-state index contributed by atoms with van der Waals surface area (Å²) in [6, 6.07) is 4.71. The van der Waals surface area contributed by atoms with Gasteiger partial charge in [0.25, 0.3) is 0 Å². The zero-order valence-corrected chi connectivity index (χ0v) is 11.0. The number of nitrogens with one attached hydrogen (secondary N) is 1. The molecular weight excluding hydrogens is 226 g/mol. The van der Waals surface area contributed by atoms with Crippen molar-refractivity contribution in [3.05, 3.63) is 22.4 Å². The third-order valence-electron chi connectivity index (χ3n) is 2.23. The van der Waals surface area contributed by atoms with Crippen molar-refractivity contribution >= 4 is 22.1 Å². The Morgan fingerprint density at radius 1 is 1.60 bits per heavy atom. The van der Waals surface area contributed by atoms with Gasteiger partial charge in [0.05, 0.1) is 0 Å². The van der Waals surface area contributed by atoms with E-state index >= 15 is 0 Å². The Morgan fingerprint density at radius 3 is 3.00 bits per heavy atom. The van der Waals surface area contributed by atoms with Gasteiger partial charge < -0.3 is 5.32 Å². The molecule has 2 unspecified atom stereocenters. The van der Waals surface area contributed by atoms with Crippen LogP contribution < -0.4 is 5.32 Å². The van der Waals surface area contributed by atoms with Crippen molar-refractivity contribution in [2.75, 3.05) is 18.1 Å². The highest BCUT2D eigenvalue weighted by Gasteiger charge is 2.04. The van der Waals surface area contributed by atoms with Crippen molar-refractivity contribution in [1.82, 2.24) is 5.32 Å². The zero-order valence-electron chi connectivity index (χ0n) is 9.36. The van der Waals surface area contributed by atoms with Gasteiger partial charge in [-0.15, -0.1) is 11.3 Å². The summed E-state index contributed by atoms with van der Waals surface area (Å²) in [4.78, 5) is 1.41. The lowest BCUT2D eigenvalue weighted by Crippen LogP contribution is -2.31. The number of rotatable bonds is 7. The fourth-order valence-corrected chi connectivity index (χ4v) is 2.84. The summed E-state index contributed by atoms with van der Waals surface area (Å²) in [6.45, 7) is 4.99. The summed E-state index contributed by atoms with van der Waals surface area (Å²) in [6.07, 6.45) is 1.07. The average Bonchev–Trinajstić information content (AvgIpc) is 2.70. The Balaban J connectivity index is 2.14. The van der Waals surface area contributed by atoms with Gasteiger partial charge in [-0.05, 0) is 24.8 Å². The molecule has 1 heterocycles. The van der Waals surface area contributed by atoms with Crippen molar-refractivity contribution in [2.45, 2.75) is 26.3 Å². The van der Waals surface area contributed by atoms with E-state index in [1.54, 1.807) is 11.3 Å². The molecule has 0 aliphatic rings. The van der Waals surface area contributed by atoms with E-state index in [1.807, 2.05) is 6.92 Å². The van der Waals surface area contributed by atoms with Gasteiger partial charge in [-0.2, -0.15) is 0 Å². The van der Waals surface area contributed by atoms with E-state index in [4.69, 9.17) is 0 Å². The molecule has 1 aromatic rings. The van der Waals surface area contributed by atoms with Crippen LogP contribution in [0.2, 0.25) is 0 Å². The maximum atomic E-state index is 11.2. The molecule has 1 rings (SSSR count). The second kappa shape index (κ2) is 7.14. The minimum atomic E-state index is -0.642. The quantitative estimate of drug-likeness (QED) is 0.796. The molecule has 0 aromatic carbocycles. The van der Waals surface area contributed by atoms with Crippen LogP contribution in [-0.4, -0.2) is 28.3 Å². The van der Waals surface area contributed by atoms with E-state index in [1.165, 1.54) is 4.88 Å². The van der Waals surface area contributed by atoms with E-state index in [9.17, 15) is 4.21 Å². The van der Waals surface area contributed by atoms with Crippen molar-refractivity contribution in [2.24, 2.45) is 0 Å². The predicted molar refractivity (Wildman–Crippen MR) is 69.0 cm³/mol. The first-order valence-corrected chi connectivity index (χ1v) is 7.70. The van der Waals surface area contributed by atoms with E-state index in [0.717, 1.165) is 24.5 Å². The Hall–Kier alpha value is -0.190. The van der Waals surface area contributed by atoms with E-state index in [-0.39, 0.29) is 0 Å². The number of hydrogen-bond acceptors (Lipinski definition) is 3. The molecule has 0 saturated carbocycles. The molecule has 15 heavy (non-hydrogen) atoms. The Kier molecular flexibility index (Phi) is 6.13. The predicted octanol–water partition coefficient (Wildman–Crippen LogP) is 2.04. The maximum absolute atomic E-state index is 11.2. The molecule has 0 saturated heterocycles. The van der Waals surface area contributed by atoms with E-state index in [0.29, 0.717) is 6.04 Å². The maximum Gasteiger partial charge on any atom is 0.0360 e. The Labute approximate surface area is 98.6 Å². The number of thiophene rings is 1. The van der Waals surface area contributed by atoms with Gasteiger partial charge in [0.2, 0.25) is 0 Å². The lowest BCUT2D eigenvalue weighted by molar-refractivity contribution is 0.568. The molecular formula is C11H19NOS2. The van der Waals surface area contributed by atoms with Gasteiger partial charge in [-0.1, -0.05) is 13.0 Å². The second-order valence-electron chi connectivity index (χ2n) is 3.57. The van der Waals surface area contributed by atoms with Gasteiger partial charge >= 0.3 is 0 Å². The van der Waals surface area contributed by atoms with Gasteiger partial charge in [0, 0.05) is 39.8 Å². The third kappa shape index (κ3) is 5.44. The SMILES string of the molecule is CCS(=O)CCNC(C)Cc1cccs1. The normalized spacial score (nSPS) is 15.1. The molecule has 4 heteroatoms. The zero-order chi connectivity index (χ0) is 11.1. The summed E-state index contributed by atoms with van der Waals surface area (Å²) in [5.74, 6) is 1.53. The van der Waals surface area contributed by atoms with Crippen molar-refractivity contribution < 1.29 is 4.21 Å². The smallest absolute Gasteiger partial charge is 0.0360 e. The van der Waals surface area contributed by atoms with Crippen LogP contribution in [0, 0.1) is 0 Å². The molecule has 2 nitrogen and oxygen atoms in total. The first-order chi connectivity index (χ1) is 7.22. The van der Waals surface area contributed by atoms with Crippen LogP contribution in [0.1, 0.15) is 18.7 Å². The van der Waals surface area contributed by atoms with Crippen LogP contribution in [0.15, 0.2) is 17.5 Å². The monoisotopic (exact) mass is 245 g/mol. The molecule has 0 amide bonds. The van der Waals surface area contributed by atoms with Gasteiger partial charge in [-0.25, -0.2) is 0 Å². The summed E-state index contributed by atoms with van der Waals surface area (Å²) < 4.78 is 11.2. The highest BCUT2D eigenvalue weighted by Crippen LogP contribution is 2.10. The standard InChI is InChI=1S/C11H19NOS2/c1-3-15(13)8-6-12-10(2)9-11-5-4-7-14-11/h4-5,7,10,12H,3,6,8-9H2,1-2H3. The van der Waals surface area contributed by atoms with Crippen molar-refractivity contribution in [3.8, 4) is 0 Å². The van der Waals surface area contributed by atoms with Crippen molar-refractivity contribution in [3.63, 3.8) is 0 Å². The summed E-state index contributed by atoms with van der Waals surface area (Å²) in [5.41, 5.74) is 0.